The third kappa shape index (κ3) is 1.90. The summed E-state index contributed by atoms with van der Waals surface area (Å²) in [6.45, 7) is 3.67. The van der Waals surface area contributed by atoms with Crippen molar-refractivity contribution in [2.75, 3.05) is 26.2 Å². The van der Waals surface area contributed by atoms with Gasteiger partial charge in [0.25, 0.3) is 0 Å². The summed E-state index contributed by atoms with van der Waals surface area (Å²) in [4.78, 5) is 13.8. The van der Waals surface area contributed by atoms with Crippen molar-refractivity contribution in [2.24, 2.45) is 11.8 Å². The molecule has 3 atom stereocenters. The average Bonchev–Trinajstić information content (AvgIpc) is 2.91. The van der Waals surface area contributed by atoms with E-state index in [1.54, 1.807) is 0 Å². The minimum atomic E-state index is -0.0805. The average molecular weight is 224 g/mol. The number of hydrogen-bond donors (Lipinski definition) is 1. The molecule has 4 nitrogen and oxygen atoms in total. The summed E-state index contributed by atoms with van der Waals surface area (Å²) in [5, 5.41) is 3.21. The molecule has 90 valence electrons. The Morgan fingerprint density at radius 2 is 1.94 bits per heavy atom. The van der Waals surface area contributed by atoms with Gasteiger partial charge in [-0.15, -0.1) is 0 Å². The predicted molar refractivity (Wildman–Crippen MR) is 60.2 cm³/mol. The molecule has 0 aromatic carbocycles. The van der Waals surface area contributed by atoms with E-state index < -0.39 is 0 Å². The molecule has 3 aliphatic rings. The summed E-state index contributed by atoms with van der Waals surface area (Å²) < 4.78 is 5.48. The third-order valence-corrected chi connectivity index (χ3v) is 4.27. The zero-order chi connectivity index (χ0) is 11.0. The lowest BCUT2D eigenvalue weighted by atomic mass is 10.0. The van der Waals surface area contributed by atoms with E-state index in [0.717, 1.165) is 44.4 Å². The second-order valence-electron chi connectivity index (χ2n) is 5.35. The Balaban J connectivity index is 1.51. The van der Waals surface area contributed by atoms with Gasteiger partial charge in [0, 0.05) is 19.6 Å². The van der Waals surface area contributed by atoms with Crippen LogP contribution in [0.5, 0.6) is 0 Å². The molecule has 0 bridgehead atoms. The van der Waals surface area contributed by atoms with E-state index >= 15 is 0 Å². The van der Waals surface area contributed by atoms with Gasteiger partial charge in [-0.3, -0.25) is 0 Å². The number of likely N-dealkylation sites (tertiary alicyclic amines) is 1. The molecule has 2 aliphatic heterocycles. The summed E-state index contributed by atoms with van der Waals surface area (Å²) in [6, 6.07) is 0. The molecule has 2 heterocycles. The van der Waals surface area contributed by atoms with E-state index in [4.69, 9.17) is 4.74 Å². The van der Waals surface area contributed by atoms with Gasteiger partial charge < -0.3 is 15.0 Å². The fourth-order valence-corrected chi connectivity index (χ4v) is 3.33. The lowest BCUT2D eigenvalue weighted by molar-refractivity contribution is 0.0747. The van der Waals surface area contributed by atoms with Crippen LogP contribution in [0.3, 0.4) is 0 Å². The van der Waals surface area contributed by atoms with Gasteiger partial charge in [-0.1, -0.05) is 6.42 Å². The molecular weight excluding hydrogens is 204 g/mol. The molecule has 0 spiro atoms. The Kier molecular flexibility index (Phi) is 2.75. The maximum absolute atomic E-state index is 11.9. The number of hydrogen-bond acceptors (Lipinski definition) is 3. The second-order valence-corrected chi connectivity index (χ2v) is 5.35. The van der Waals surface area contributed by atoms with Gasteiger partial charge in [-0.25, -0.2) is 4.79 Å². The lowest BCUT2D eigenvalue weighted by Gasteiger charge is -2.19. The first-order valence-electron chi connectivity index (χ1n) is 6.49. The van der Waals surface area contributed by atoms with Crippen LogP contribution in [0.15, 0.2) is 0 Å². The standard InChI is InChI=1S/C12H20N2O2/c15-12(16-11-4-5-13-6-11)14-7-9-2-1-3-10(9)8-14/h9-11,13H,1-8H2. The lowest BCUT2D eigenvalue weighted by Crippen LogP contribution is -2.33. The SMILES string of the molecule is O=C(OC1CCNC1)N1CC2CCCC2C1. The van der Waals surface area contributed by atoms with Gasteiger partial charge >= 0.3 is 6.09 Å². The number of ether oxygens (including phenoxy) is 1. The number of rotatable bonds is 1. The molecule has 0 aromatic heterocycles. The van der Waals surface area contributed by atoms with Crippen LogP contribution < -0.4 is 5.32 Å². The maximum atomic E-state index is 11.9. The Bertz CT molecular complexity index is 264. The Morgan fingerprint density at radius 3 is 2.56 bits per heavy atom. The smallest absolute Gasteiger partial charge is 0.410 e. The van der Waals surface area contributed by atoms with Crippen molar-refractivity contribution in [3.63, 3.8) is 0 Å². The molecule has 2 saturated heterocycles. The number of carbonyl (C=O) groups excluding carboxylic acids is 1. The minimum absolute atomic E-state index is 0.0805. The first kappa shape index (κ1) is 10.4. The Hall–Kier alpha value is -0.770. The number of amides is 1. The highest BCUT2D eigenvalue weighted by Crippen LogP contribution is 2.37. The van der Waals surface area contributed by atoms with Gasteiger partial charge in [0.05, 0.1) is 0 Å². The number of nitrogens with one attached hydrogen (secondary N) is 1. The summed E-state index contributed by atoms with van der Waals surface area (Å²) in [6.07, 6.45) is 4.95. The zero-order valence-corrected chi connectivity index (χ0v) is 9.65. The first-order valence-corrected chi connectivity index (χ1v) is 6.49. The van der Waals surface area contributed by atoms with Crippen LogP contribution in [-0.2, 0) is 4.74 Å². The monoisotopic (exact) mass is 224 g/mol. The normalized spacial score (nSPS) is 37.8. The third-order valence-electron chi connectivity index (χ3n) is 4.27. The fourth-order valence-electron chi connectivity index (χ4n) is 3.33. The van der Waals surface area contributed by atoms with Gasteiger partial charge in [0.2, 0.25) is 0 Å². The number of nitrogens with zero attached hydrogens (tertiary/aromatic N) is 1. The van der Waals surface area contributed by atoms with Gasteiger partial charge in [-0.2, -0.15) is 0 Å². The molecule has 16 heavy (non-hydrogen) atoms. The molecule has 1 aliphatic carbocycles. The molecule has 4 heteroatoms. The van der Waals surface area contributed by atoms with Crippen molar-refractivity contribution < 1.29 is 9.53 Å². The largest absolute Gasteiger partial charge is 0.445 e. The molecule has 1 N–H and O–H groups in total. The van der Waals surface area contributed by atoms with Crippen molar-refractivity contribution in [1.82, 2.24) is 10.2 Å². The van der Waals surface area contributed by atoms with Gasteiger partial charge in [0.15, 0.2) is 0 Å². The summed E-state index contributed by atoms with van der Waals surface area (Å²) in [7, 11) is 0. The van der Waals surface area contributed by atoms with Crippen LogP contribution in [0.2, 0.25) is 0 Å². The van der Waals surface area contributed by atoms with E-state index in [1.165, 1.54) is 19.3 Å². The van der Waals surface area contributed by atoms with Crippen LogP contribution in [0.1, 0.15) is 25.7 Å². The van der Waals surface area contributed by atoms with E-state index in [-0.39, 0.29) is 12.2 Å². The van der Waals surface area contributed by atoms with Crippen molar-refractivity contribution >= 4 is 6.09 Å². The van der Waals surface area contributed by atoms with E-state index in [1.807, 2.05) is 4.90 Å². The van der Waals surface area contributed by atoms with Crippen LogP contribution in [-0.4, -0.2) is 43.3 Å². The quantitative estimate of drug-likeness (QED) is 0.728. The zero-order valence-electron chi connectivity index (χ0n) is 9.65. The Morgan fingerprint density at radius 1 is 1.19 bits per heavy atom. The summed E-state index contributed by atoms with van der Waals surface area (Å²) in [5.41, 5.74) is 0. The predicted octanol–water partition coefficient (Wildman–Crippen LogP) is 1.22. The topological polar surface area (TPSA) is 41.6 Å². The molecule has 1 amide bonds. The highest BCUT2D eigenvalue weighted by atomic mass is 16.6. The molecule has 3 fully saturated rings. The molecule has 0 radical (unpaired) electrons. The highest BCUT2D eigenvalue weighted by molar-refractivity contribution is 5.68. The van der Waals surface area contributed by atoms with Crippen LogP contribution in [0.25, 0.3) is 0 Å². The molecular formula is C12H20N2O2. The van der Waals surface area contributed by atoms with Crippen molar-refractivity contribution in [3.05, 3.63) is 0 Å². The number of fused-ring (bicyclic) bond motifs is 1. The Labute approximate surface area is 96.3 Å². The molecule has 3 unspecified atom stereocenters. The van der Waals surface area contributed by atoms with E-state index in [2.05, 4.69) is 5.32 Å². The summed E-state index contributed by atoms with van der Waals surface area (Å²) >= 11 is 0. The van der Waals surface area contributed by atoms with Crippen molar-refractivity contribution in [2.45, 2.75) is 31.8 Å². The maximum Gasteiger partial charge on any atom is 0.410 e. The minimum Gasteiger partial charge on any atom is -0.445 e. The van der Waals surface area contributed by atoms with Gasteiger partial charge in [-0.05, 0) is 37.6 Å². The van der Waals surface area contributed by atoms with Crippen LogP contribution in [0.4, 0.5) is 4.79 Å². The van der Waals surface area contributed by atoms with E-state index in [9.17, 15) is 4.79 Å². The second kappa shape index (κ2) is 4.24. The van der Waals surface area contributed by atoms with E-state index in [0.29, 0.717) is 0 Å². The fraction of sp³-hybridized carbons (Fsp3) is 0.917. The molecule has 1 saturated carbocycles. The van der Waals surface area contributed by atoms with Crippen LogP contribution in [0, 0.1) is 11.8 Å². The van der Waals surface area contributed by atoms with Crippen molar-refractivity contribution in [1.29, 1.82) is 0 Å². The highest BCUT2D eigenvalue weighted by Gasteiger charge is 2.39. The summed E-state index contributed by atoms with van der Waals surface area (Å²) in [5.74, 6) is 1.52. The molecule has 3 rings (SSSR count). The molecule has 0 aromatic rings. The van der Waals surface area contributed by atoms with Gasteiger partial charge in [0.1, 0.15) is 6.10 Å². The number of carbonyl (C=O) groups is 1. The van der Waals surface area contributed by atoms with Crippen LogP contribution >= 0.6 is 0 Å². The van der Waals surface area contributed by atoms with Crippen molar-refractivity contribution in [3.8, 4) is 0 Å². The first-order chi connectivity index (χ1) is 7.83.